The van der Waals surface area contributed by atoms with E-state index in [-0.39, 0.29) is 17.8 Å². The number of hydrogen-bond donors (Lipinski definition) is 0. The van der Waals surface area contributed by atoms with E-state index in [0.717, 1.165) is 25.1 Å². The van der Waals surface area contributed by atoms with Gasteiger partial charge in [0.25, 0.3) is 5.91 Å². The lowest BCUT2D eigenvalue weighted by molar-refractivity contribution is -0.140. The predicted octanol–water partition coefficient (Wildman–Crippen LogP) is 2.95. The van der Waals surface area contributed by atoms with Crippen molar-refractivity contribution in [1.29, 1.82) is 0 Å². The Kier molecular flexibility index (Phi) is 5.41. The van der Waals surface area contributed by atoms with Crippen molar-refractivity contribution in [2.75, 3.05) is 19.7 Å². The monoisotopic (exact) mass is 305 g/mol. The second kappa shape index (κ2) is 7.29. The quantitative estimate of drug-likeness (QED) is 0.634. The van der Waals surface area contributed by atoms with Gasteiger partial charge in [-0.05, 0) is 45.7 Å². The van der Waals surface area contributed by atoms with E-state index >= 15 is 0 Å². The van der Waals surface area contributed by atoms with E-state index in [1.807, 2.05) is 13.8 Å². The number of likely N-dealkylation sites (tertiary alicyclic amines) is 1. The molecule has 2 rings (SSSR count). The minimum absolute atomic E-state index is 0.0891. The van der Waals surface area contributed by atoms with Crippen molar-refractivity contribution in [2.24, 2.45) is 5.92 Å². The smallest absolute Gasteiger partial charge is 0.333 e. The van der Waals surface area contributed by atoms with Crippen LogP contribution in [-0.4, -0.2) is 36.5 Å². The minimum atomic E-state index is -0.285. The van der Waals surface area contributed by atoms with Gasteiger partial charge in [-0.25, -0.2) is 4.79 Å². The summed E-state index contributed by atoms with van der Waals surface area (Å²) >= 11 is 0. The van der Waals surface area contributed by atoms with Gasteiger partial charge in [0.05, 0.1) is 6.61 Å². The molecule has 5 nitrogen and oxygen atoms in total. The fourth-order valence-electron chi connectivity index (χ4n) is 2.52. The van der Waals surface area contributed by atoms with Crippen LogP contribution < -0.4 is 0 Å². The third-order valence-electron chi connectivity index (χ3n) is 3.96. The second-order valence-corrected chi connectivity index (χ2v) is 5.74. The lowest BCUT2D eigenvalue weighted by Crippen LogP contribution is -2.41. The van der Waals surface area contributed by atoms with Gasteiger partial charge in [-0.1, -0.05) is 6.08 Å². The molecule has 22 heavy (non-hydrogen) atoms. The molecule has 1 atom stereocenters. The molecule has 1 amide bonds. The molecular formula is C17H23NO4. The molecule has 2 heterocycles. The summed E-state index contributed by atoms with van der Waals surface area (Å²) in [5.74, 6) is 0.913. The SMILES string of the molecule is CC=C(C)C(=O)OCC1CCCN(C(=O)c2ccc(C)o2)C1. The van der Waals surface area contributed by atoms with Crippen molar-refractivity contribution in [2.45, 2.75) is 33.6 Å². The zero-order chi connectivity index (χ0) is 16.1. The number of furan rings is 1. The van der Waals surface area contributed by atoms with Crippen molar-refractivity contribution in [3.8, 4) is 0 Å². The van der Waals surface area contributed by atoms with Crippen LogP contribution in [0.3, 0.4) is 0 Å². The standard InChI is InChI=1S/C17H23NO4/c1-4-12(2)17(20)21-11-14-6-5-9-18(10-14)16(19)15-8-7-13(3)22-15/h4,7-8,14H,5-6,9-11H2,1-3H3. The maximum Gasteiger partial charge on any atom is 0.333 e. The number of carbonyl (C=O) groups is 2. The number of amides is 1. The Morgan fingerprint density at radius 2 is 2.23 bits per heavy atom. The molecule has 1 aromatic rings. The van der Waals surface area contributed by atoms with Crippen LogP contribution in [0, 0.1) is 12.8 Å². The van der Waals surface area contributed by atoms with Crippen LogP contribution in [0.2, 0.25) is 0 Å². The van der Waals surface area contributed by atoms with Gasteiger partial charge >= 0.3 is 5.97 Å². The summed E-state index contributed by atoms with van der Waals surface area (Å²) in [6.45, 7) is 7.03. The maximum absolute atomic E-state index is 12.4. The number of aryl methyl sites for hydroxylation is 1. The largest absolute Gasteiger partial charge is 0.462 e. The maximum atomic E-state index is 12.4. The molecule has 1 aliphatic rings. The highest BCUT2D eigenvalue weighted by molar-refractivity contribution is 5.91. The molecule has 0 saturated carbocycles. The summed E-state index contributed by atoms with van der Waals surface area (Å²) < 4.78 is 10.7. The summed E-state index contributed by atoms with van der Waals surface area (Å²) in [5.41, 5.74) is 0.606. The molecule has 0 radical (unpaired) electrons. The van der Waals surface area contributed by atoms with E-state index in [4.69, 9.17) is 9.15 Å². The molecule has 0 bridgehead atoms. The first-order valence-electron chi connectivity index (χ1n) is 7.67. The van der Waals surface area contributed by atoms with Crippen molar-refractivity contribution < 1.29 is 18.7 Å². The van der Waals surface area contributed by atoms with Crippen LogP contribution in [0.15, 0.2) is 28.2 Å². The third-order valence-corrected chi connectivity index (χ3v) is 3.96. The fourth-order valence-corrected chi connectivity index (χ4v) is 2.52. The average Bonchev–Trinajstić information content (AvgIpc) is 2.97. The van der Waals surface area contributed by atoms with Crippen LogP contribution >= 0.6 is 0 Å². The molecule has 1 aromatic heterocycles. The normalized spacial score (nSPS) is 19.1. The van der Waals surface area contributed by atoms with Crippen LogP contribution in [0.5, 0.6) is 0 Å². The second-order valence-electron chi connectivity index (χ2n) is 5.74. The molecule has 0 aliphatic carbocycles. The van der Waals surface area contributed by atoms with Gasteiger partial charge in [-0.2, -0.15) is 0 Å². The van der Waals surface area contributed by atoms with Crippen molar-refractivity contribution in [3.63, 3.8) is 0 Å². The van der Waals surface area contributed by atoms with Gasteiger partial charge in [0, 0.05) is 24.6 Å². The number of esters is 1. The topological polar surface area (TPSA) is 59.8 Å². The number of hydrogen-bond acceptors (Lipinski definition) is 4. The van der Waals surface area contributed by atoms with Crippen LogP contribution in [0.4, 0.5) is 0 Å². The molecule has 0 spiro atoms. The van der Waals surface area contributed by atoms with Gasteiger partial charge < -0.3 is 14.1 Å². The van der Waals surface area contributed by atoms with E-state index in [1.165, 1.54) is 0 Å². The number of allylic oxidation sites excluding steroid dienone is 1. The Morgan fingerprint density at radius 3 is 2.86 bits per heavy atom. The number of nitrogens with zero attached hydrogens (tertiary/aromatic N) is 1. The summed E-state index contributed by atoms with van der Waals surface area (Å²) in [6, 6.07) is 3.49. The third kappa shape index (κ3) is 4.00. The van der Waals surface area contributed by atoms with Gasteiger partial charge in [0.15, 0.2) is 5.76 Å². The molecule has 5 heteroatoms. The number of piperidine rings is 1. The zero-order valence-electron chi connectivity index (χ0n) is 13.4. The van der Waals surface area contributed by atoms with E-state index < -0.39 is 0 Å². The van der Waals surface area contributed by atoms with E-state index in [1.54, 1.807) is 30.0 Å². The Hall–Kier alpha value is -2.04. The first-order valence-corrected chi connectivity index (χ1v) is 7.67. The molecule has 0 aromatic carbocycles. The Balaban J connectivity index is 1.89. The number of carbonyl (C=O) groups excluding carboxylic acids is 2. The first kappa shape index (κ1) is 16.3. The summed E-state index contributed by atoms with van der Waals surface area (Å²) in [6.07, 6.45) is 3.61. The molecule has 1 unspecified atom stereocenters. The number of ether oxygens (including phenoxy) is 1. The average molecular weight is 305 g/mol. The van der Waals surface area contributed by atoms with Gasteiger partial charge in [0.1, 0.15) is 5.76 Å². The van der Waals surface area contributed by atoms with E-state index in [9.17, 15) is 9.59 Å². The van der Waals surface area contributed by atoms with Crippen molar-refractivity contribution in [1.82, 2.24) is 4.90 Å². The van der Waals surface area contributed by atoms with Gasteiger partial charge in [-0.15, -0.1) is 0 Å². The molecule has 1 aliphatic heterocycles. The van der Waals surface area contributed by atoms with E-state index in [2.05, 4.69) is 0 Å². The molecule has 1 fully saturated rings. The predicted molar refractivity (Wildman–Crippen MR) is 82.5 cm³/mol. The first-order chi connectivity index (χ1) is 10.5. The minimum Gasteiger partial charge on any atom is -0.462 e. The lowest BCUT2D eigenvalue weighted by Gasteiger charge is -2.31. The Morgan fingerprint density at radius 1 is 1.45 bits per heavy atom. The summed E-state index contributed by atoms with van der Waals surface area (Å²) in [4.78, 5) is 25.8. The molecule has 120 valence electrons. The number of rotatable bonds is 4. The van der Waals surface area contributed by atoms with Crippen LogP contribution in [-0.2, 0) is 9.53 Å². The zero-order valence-corrected chi connectivity index (χ0v) is 13.4. The van der Waals surface area contributed by atoms with Crippen LogP contribution in [0.25, 0.3) is 0 Å². The van der Waals surface area contributed by atoms with Gasteiger partial charge in [0.2, 0.25) is 0 Å². The Labute approximate surface area is 130 Å². The van der Waals surface area contributed by atoms with Crippen molar-refractivity contribution >= 4 is 11.9 Å². The summed E-state index contributed by atoms with van der Waals surface area (Å²) in [7, 11) is 0. The van der Waals surface area contributed by atoms with E-state index in [0.29, 0.717) is 24.5 Å². The molecular weight excluding hydrogens is 282 g/mol. The van der Waals surface area contributed by atoms with Gasteiger partial charge in [-0.3, -0.25) is 4.79 Å². The lowest BCUT2D eigenvalue weighted by atomic mass is 9.99. The van der Waals surface area contributed by atoms with Crippen LogP contribution in [0.1, 0.15) is 43.0 Å². The highest BCUT2D eigenvalue weighted by atomic mass is 16.5. The summed E-state index contributed by atoms with van der Waals surface area (Å²) in [5, 5.41) is 0. The fraction of sp³-hybridized carbons (Fsp3) is 0.529. The molecule has 1 saturated heterocycles. The Bertz CT molecular complexity index is 573. The highest BCUT2D eigenvalue weighted by Gasteiger charge is 2.27. The van der Waals surface area contributed by atoms with Crippen molar-refractivity contribution in [3.05, 3.63) is 35.3 Å². The highest BCUT2D eigenvalue weighted by Crippen LogP contribution is 2.20. The molecule has 0 N–H and O–H groups in total.